The van der Waals surface area contributed by atoms with Crippen molar-refractivity contribution < 1.29 is 22.7 Å². The summed E-state index contributed by atoms with van der Waals surface area (Å²) in [5, 5.41) is 0. The topological polar surface area (TPSA) is 26.3 Å². The Bertz CT molecular complexity index is 205. The highest BCUT2D eigenvalue weighted by molar-refractivity contribution is 5.78. The highest BCUT2D eigenvalue weighted by Gasteiger charge is 2.35. The molecule has 1 saturated carbocycles. The van der Waals surface area contributed by atoms with Crippen LogP contribution in [-0.2, 0) is 9.53 Å². The predicted octanol–water partition coefficient (Wildman–Crippen LogP) is 2.67. The molecule has 0 atom stereocenters. The lowest BCUT2D eigenvalue weighted by atomic mass is 9.85. The van der Waals surface area contributed by atoms with E-state index in [0.717, 1.165) is 0 Å². The Kier molecular flexibility index (Phi) is 3.53. The molecule has 2 nitrogen and oxygen atoms in total. The number of carbonyl (C=O) groups is 1. The van der Waals surface area contributed by atoms with E-state index in [-0.39, 0.29) is 11.7 Å². The third-order valence-electron chi connectivity index (χ3n) is 2.55. The van der Waals surface area contributed by atoms with Crippen LogP contribution in [0, 0.1) is 5.92 Å². The normalized spacial score (nSPS) is 28.9. The van der Waals surface area contributed by atoms with Crippen LogP contribution in [-0.4, -0.2) is 18.2 Å². The van der Waals surface area contributed by atoms with Crippen LogP contribution in [0.5, 0.6) is 0 Å². The summed E-state index contributed by atoms with van der Waals surface area (Å²) in [4.78, 5) is 10.9. The fraction of sp³-hybridized carbons (Fsp3) is 0.889. The SMILES string of the molecule is CC(=O)C1CCC(OC(F)(F)F)CC1. The molecule has 0 aromatic rings. The van der Waals surface area contributed by atoms with Gasteiger partial charge in [0.25, 0.3) is 0 Å². The summed E-state index contributed by atoms with van der Waals surface area (Å²) in [7, 11) is 0. The maximum absolute atomic E-state index is 11.8. The van der Waals surface area contributed by atoms with Crippen molar-refractivity contribution >= 4 is 5.78 Å². The quantitative estimate of drug-likeness (QED) is 0.700. The van der Waals surface area contributed by atoms with Crippen LogP contribution in [0.1, 0.15) is 32.6 Å². The van der Waals surface area contributed by atoms with Crippen molar-refractivity contribution in [3.63, 3.8) is 0 Å². The van der Waals surface area contributed by atoms with Gasteiger partial charge in [0.15, 0.2) is 0 Å². The third kappa shape index (κ3) is 3.65. The number of ketones is 1. The molecular formula is C9H13F3O2. The highest BCUT2D eigenvalue weighted by atomic mass is 19.4. The van der Waals surface area contributed by atoms with E-state index in [2.05, 4.69) is 4.74 Å². The Morgan fingerprint density at radius 2 is 1.71 bits per heavy atom. The van der Waals surface area contributed by atoms with Gasteiger partial charge in [0.2, 0.25) is 0 Å². The number of rotatable bonds is 2. The minimum atomic E-state index is -4.55. The first-order chi connectivity index (χ1) is 6.38. The number of halogens is 3. The van der Waals surface area contributed by atoms with Crippen LogP contribution >= 0.6 is 0 Å². The minimum Gasteiger partial charge on any atom is -0.300 e. The van der Waals surface area contributed by atoms with Crippen molar-refractivity contribution in [1.82, 2.24) is 0 Å². The van der Waals surface area contributed by atoms with Crippen LogP contribution in [0.25, 0.3) is 0 Å². The van der Waals surface area contributed by atoms with Crippen LogP contribution in [0.3, 0.4) is 0 Å². The third-order valence-corrected chi connectivity index (χ3v) is 2.55. The van der Waals surface area contributed by atoms with E-state index in [0.29, 0.717) is 25.7 Å². The molecule has 0 bridgehead atoms. The molecule has 0 saturated heterocycles. The number of Topliss-reactive ketones (excluding diaryl/α,β-unsaturated/α-hetero) is 1. The standard InChI is InChI=1S/C9H13F3O2/c1-6(13)7-2-4-8(5-3-7)14-9(10,11)12/h7-8H,2-5H2,1H3. The zero-order chi connectivity index (χ0) is 10.8. The largest absolute Gasteiger partial charge is 0.522 e. The highest BCUT2D eigenvalue weighted by Crippen LogP contribution is 2.30. The van der Waals surface area contributed by atoms with Crippen molar-refractivity contribution in [3.8, 4) is 0 Å². The lowest BCUT2D eigenvalue weighted by Crippen LogP contribution is -2.29. The van der Waals surface area contributed by atoms with E-state index in [1.54, 1.807) is 0 Å². The van der Waals surface area contributed by atoms with Gasteiger partial charge in [-0.15, -0.1) is 13.2 Å². The molecule has 0 N–H and O–H groups in total. The summed E-state index contributed by atoms with van der Waals surface area (Å²) in [6.07, 6.45) is -3.64. The van der Waals surface area contributed by atoms with Crippen molar-refractivity contribution in [2.24, 2.45) is 5.92 Å². The maximum atomic E-state index is 11.8. The summed E-state index contributed by atoms with van der Waals surface area (Å²) in [5.41, 5.74) is 0. The molecule has 5 heteroatoms. The Balaban J connectivity index is 2.33. The number of hydrogen-bond donors (Lipinski definition) is 0. The Hall–Kier alpha value is -0.580. The number of hydrogen-bond acceptors (Lipinski definition) is 2. The Morgan fingerprint density at radius 1 is 1.21 bits per heavy atom. The summed E-state index contributed by atoms with van der Waals surface area (Å²) >= 11 is 0. The first-order valence-electron chi connectivity index (χ1n) is 4.63. The molecule has 0 heterocycles. The van der Waals surface area contributed by atoms with Crippen molar-refractivity contribution in [2.45, 2.75) is 45.1 Å². The van der Waals surface area contributed by atoms with Crippen molar-refractivity contribution in [2.75, 3.05) is 0 Å². The number of carbonyl (C=O) groups excluding carboxylic acids is 1. The van der Waals surface area contributed by atoms with Crippen molar-refractivity contribution in [1.29, 1.82) is 0 Å². The molecule has 0 spiro atoms. The van der Waals surface area contributed by atoms with Crippen LogP contribution in [0.4, 0.5) is 13.2 Å². The van der Waals surface area contributed by atoms with E-state index in [1.165, 1.54) is 6.92 Å². The van der Waals surface area contributed by atoms with Gasteiger partial charge in [-0.3, -0.25) is 9.53 Å². The van der Waals surface area contributed by atoms with Gasteiger partial charge in [0, 0.05) is 5.92 Å². The van der Waals surface area contributed by atoms with E-state index < -0.39 is 12.5 Å². The van der Waals surface area contributed by atoms with E-state index in [4.69, 9.17) is 0 Å². The summed E-state index contributed by atoms with van der Waals surface area (Å²) in [5.74, 6) is -0.00135. The number of ether oxygens (including phenoxy) is 1. The molecule has 0 radical (unpaired) electrons. The molecule has 0 unspecified atom stereocenters. The second-order valence-corrected chi connectivity index (χ2v) is 3.65. The van der Waals surface area contributed by atoms with Gasteiger partial charge in [-0.1, -0.05) is 0 Å². The minimum absolute atomic E-state index is 0.0652. The molecular weight excluding hydrogens is 197 g/mol. The van der Waals surface area contributed by atoms with Crippen LogP contribution in [0.2, 0.25) is 0 Å². The average Bonchev–Trinajstić information content (AvgIpc) is 2.02. The smallest absolute Gasteiger partial charge is 0.300 e. The van der Waals surface area contributed by atoms with Gasteiger partial charge < -0.3 is 0 Å². The fourth-order valence-electron chi connectivity index (χ4n) is 1.78. The molecule has 82 valence electrons. The van der Waals surface area contributed by atoms with Gasteiger partial charge in [-0.25, -0.2) is 0 Å². The first kappa shape index (κ1) is 11.5. The molecule has 14 heavy (non-hydrogen) atoms. The van der Waals surface area contributed by atoms with Gasteiger partial charge in [-0.05, 0) is 32.6 Å². The fourth-order valence-corrected chi connectivity index (χ4v) is 1.78. The molecule has 1 aliphatic rings. The lowest BCUT2D eigenvalue weighted by molar-refractivity contribution is -0.345. The van der Waals surface area contributed by atoms with E-state index >= 15 is 0 Å². The van der Waals surface area contributed by atoms with Crippen LogP contribution < -0.4 is 0 Å². The van der Waals surface area contributed by atoms with Crippen molar-refractivity contribution in [3.05, 3.63) is 0 Å². The number of alkyl halides is 3. The monoisotopic (exact) mass is 210 g/mol. The Labute approximate surface area is 80.4 Å². The molecule has 0 amide bonds. The molecule has 1 rings (SSSR count). The van der Waals surface area contributed by atoms with E-state index in [1.807, 2.05) is 0 Å². The van der Waals surface area contributed by atoms with Gasteiger partial charge >= 0.3 is 6.36 Å². The lowest BCUT2D eigenvalue weighted by Gasteiger charge is -2.27. The van der Waals surface area contributed by atoms with Crippen LogP contribution in [0.15, 0.2) is 0 Å². The summed E-state index contributed by atoms with van der Waals surface area (Å²) < 4.78 is 39.3. The zero-order valence-electron chi connectivity index (χ0n) is 7.93. The second-order valence-electron chi connectivity index (χ2n) is 3.65. The van der Waals surface area contributed by atoms with Gasteiger partial charge in [0.1, 0.15) is 5.78 Å². The zero-order valence-corrected chi connectivity index (χ0v) is 7.93. The average molecular weight is 210 g/mol. The maximum Gasteiger partial charge on any atom is 0.522 e. The molecule has 0 aromatic heterocycles. The second kappa shape index (κ2) is 4.29. The molecule has 1 aliphatic carbocycles. The first-order valence-corrected chi connectivity index (χ1v) is 4.63. The van der Waals surface area contributed by atoms with Gasteiger partial charge in [0.05, 0.1) is 6.10 Å². The molecule has 0 aliphatic heterocycles. The van der Waals surface area contributed by atoms with Gasteiger partial charge in [-0.2, -0.15) is 0 Å². The predicted molar refractivity (Wildman–Crippen MR) is 43.6 cm³/mol. The molecule has 1 fully saturated rings. The summed E-state index contributed by atoms with van der Waals surface area (Å²) in [6.45, 7) is 1.48. The van der Waals surface area contributed by atoms with E-state index in [9.17, 15) is 18.0 Å². The summed E-state index contributed by atoms with van der Waals surface area (Å²) in [6, 6.07) is 0. The molecule has 0 aromatic carbocycles. The Morgan fingerprint density at radius 3 is 2.07 bits per heavy atom.